The summed E-state index contributed by atoms with van der Waals surface area (Å²) in [6.07, 6.45) is 1.96. The Morgan fingerprint density at radius 2 is 2.31 bits per heavy atom. The van der Waals surface area contributed by atoms with Gasteiger partial charge in [-0.2, -0.15) is 0 Å². The van der Waals surface area contributed by atoms with Crippen molar-refractivity contribution in [2.24, 2.45) is 5.73 Å². The molecule has 0 aromatic carbocycles. The van der Waals surface area contributed by atoms with Crippen molar-refractivity contribution in [2.45, 2.75) is 18.9 Å². The van der Waals surface area contributed by atoms with E-state index < -0.39 is 0 Å². The molecular weight excluding hydrogens is 226 g/mol. The van der Waals surface area contributed by atoms with Gasteiger partial charge in [-0.1, -0.05) is 11.8 Å². The maximum atomic E-state index is 11.9. The number of hydrogen-bond acceptors (Lipinski definition) is 4. The van der Waals surface area contributed by atoms with Crippen molar-refractivity contribution in [3.63, 3.8) is 0 Å². The molecule has 2 rings (SSSR count). The number of piperidine rings is 1. The summed E-state index contributed by atoms with van der Waals surface area (Å²) >= 11 is 1.29. The van der Waals surface area contributed by atoms with Crippen LogP contribution in [-0.2, 0) is 4.79 Å². The zero-order valence-corrected chi connectivity index (χ0v) is 10.0. The van der Waals surface area contributed by atoms with Crippen LogP contribution < -0.4 is 5.73 Å². The highest BCUT2D eigenvalue weighted by molar-refractivity contribution is 8.13. The molecule has 2 saturated heterocycles. The van der Waals surface area contributed by atoms with Crippen LogP contribution in [0.1, 0.15) is 12.8 Å². The van der Waals surface area contributed by atoms with Crippen molar-refractivity contribution in [3.05, 3.63) is 0 Å². The Hall–Kier alpha value is -0.750. The number of carbonyl (C=O) groups excluding carboxylic acids is 2. The van der Waals surface area contributed by atoms with Crippen molar-refractivity contribution in [1.29, 1.82) is 0 Å². The quantitative estimate of drug-likeness (QED) is 0.747. The van der Waals surface area contributed by atoms with Gasteiger partial charge in [-0.15, -0.1) is 0 Å². The Labute approximate surface area is 99.3 Å². The molecule has 1 atom stereocenters. The molecule has 0 saturated carbocycles. The van der Waals surface area contributed by atoms with Gasteiger partial charge < -0.3 is 15.5 Å². The van der Waals surface area contributed by atoms with Crippen molar-refractivity contribution >= 4 is 22.9 Å². The Bertz CT molecular complexity index is 298. The van der Waals surface area contributed by atoms with Gasteiger partial charge in [0.15, 0.2) is 0 Å². The monoisotopic (exact) mass is 243 g/mol. The molecular formula is C10H17N3O2S. The first-order chi connectivity index (χ1) is 7.66. The molecule has 2 N–H and O–H groups in total. The van der Waals surface area contributed by atoms with Crippen LogP contribution in [0, 0.1) is 0 Å². The second kappa shape index (κ2) is 5.05. The van der Waals surface area contributed by atoms with E-state index in [2.05, 4.69) is 0 Å². The van der Waals surface area contributed by atoms with Gasteiger partial charge in [0, 0.05) is 31.4 Å². The SMILES string of the molecule is NC1CCCN(C(=O)CN2CCSC2=O)C1. The van der Waals surface area contributed by atoms with E-state index >= 15 is 0 Å². The Kier molecular flexibility index (Phi) is 3.70. The summed E-state index contributed by atoms with van der Waals surface area (Å²) in [5.41, 5.74) is 5.82. The lowest BCUT2D eigenvalue weighted by molar-refractivity contribution is -0.132. The number of thioether (sulfide) groups is 1. The molecule has 2 fully saturated rings. The molecule has 2 heterocycles. The summed E-state index contributed by atoms with van der Waals surface area (Å²) < 4.78 is 0. The molecule has 0 aromatic heterocycles. The normalized spacial score (nSPS) is 26.3. The van der Waals surface area contributed by atoms with Gasteiger partial charge >= 0.3 is 0 Å². The summed E-state index contributed by atoms with van der Waals surface area (Å²) in [4.78, 5) is 26.7. The molecule has 0 aromatic rings. The summed E-state index contributed by atoms with van der Waals surface area (Å²) in [6.45, 7) is 2.32. The lowest BCUT2D eigenvalue weighted by atomic mass is 10.1. The molecule has 5 nitrogen and oxygen atoms in total. The van der Waals surface area contributed by atoms with Crippen LogP contribution in [0.5, 0.6) is 0 Å². The van der Waals surface area contributed by atoms with Gasteiger partial charge in [0.05, 0.1) is 0 Å². The number of nitrogens with zero attached hydrogens (tertiary/aromatic N) is 2. The predicted molar refractivity (Wildman–Crippen MR) is 63.2 cm³/mol. The molecule has 2 aliphatic rings. The average Bonchev–Trinajstić information content (AvgIpc) is 2.64. The van der Waals surface area contributed by atoms with Crippen LogP contribution in [-0.4, -0.2) is 58.9 Å². The summed E-state index contributed by atoms with van der Waals surface area (Å²) in [6, 6.07) is 0.0985. The van der Waals surface area contributed by atoms with E-state index in [1.165, 1.54) is 11.8 Å². The maximum absolute atomic E-state index is 11.9. The molecule has 1 unspecified atom stereocenters. The summed E-state index contributed by atoms with van der Waals surface area (Å²) in [7, 11) is 0. The lowest BCUT2D eigenvalue weighted by Gasteiger charge is -2.31. The van der Waals surface area contributed by atoms with Crippen LogP contribution in [0.15, 0.2) is 0 Å². The third-order valence-corrected chi connectivity index (χ3v) is 3.87. The number of carbonyl (C=O) groups is 2. The maximum Gasteiger partial charge on any atom is 0.282 e. The van der Waals surface area contributed by atoms with Crippen molar-refractivity contribution < 1.29 is 9.59 Å². The van der Waals surface area contributed by atoms with E-state index in [9.17, 15) is 9.59 Å². The van der Waals surface area contributed by atoms with Gasteiger partial charge in [0.25, 0.3) is 5.24 Å². The minimum atomic E-state index is 0.0228. The average molecular weight is 243 g/mol. The summed E-state index contributed by atoms with van der Waals surface area (Å²) in [5, 5.41) is 0.0228. The number of rotatable bonds is 2. The highest BCUT2D eigenvalue weighted by Crippen LogP contribution is 2.17. The lowest BCUT2D eigenvalue weighted by Crippen LogP contribution is -2.49. The molecule has 6 heteroatoms. The fourth-order valence-corrected chi connectivity index (χ4v) is 2.89. The number of amides is 2. The smallest absolute Gasteiger partial charge is 0.282 e. The number of hydrogen-bond donors (Lipinski definition) is 1. The van der Waals surface area contributed by atoms with Crippen molar-refractivity contribution in [2.75, 3.05) is 31.9 Å². The summed E-state index contributed by atoms with van der Waals surface area (Å²) in [5.74, 6) is 0.831. The van der Waals surface area contributed by atoms with E-state index in [4.69, 9.17) is 5.73 Å². The first-order valence-corrected chi connectivity index (χ1v) is 6.60. The Morgan fingerprint density at radius 3 is 2.94 bits per heavy atom. The molecule has 0 radical (unpaired) electrons. The van der Waals surface area contributed by atoms with E-state index in [1.807, 2.05) is 0 Å². The van der Waals surface area contributed by atoms with Crippen LogP contribution in [0.25, 0.3) is 0 Å². The minimum absolute atomic E-state index is 0.0228. The van der Waals surface area contributed by atoms with E-state index in [0.29, 0.717) is 13.1 Å². The first kappa shape index (κ1) is 11.7. The molecule has 0 spiro atoms. The fraction of sp³-hybridized carbons (Fsp3) is 0.800. The van der Waals surface area contributed by atoms with Crippen LogP contribution in [0.2, 0.25) is 0 Å². The molecule has 2 amide bonds. The Morgan fingerprint density at radius 1 is 1.50 bits per heavy atom. The predicted octanol–water partition coefficient (Wildman–Crippen LogP) is 0.105. The molecule has 2 aliphatic heterocycles. The van der Waals surface area contributed by atoms with E-state index in [0.717, 1.165) is 25.1 Å². The van der Waals surface area contributed by atoms with Crippen molar-refractivity contribution in [1.82, 2.24) is 9.80 Å². The van der Waals surface area contributed by atoms with Crippen LogP contribution in [0.4, 0.5) is 4.79 Å². The van der Waals surface area contributed by atoms with Crippen molar-refractivity contribution in [3.8, 4) is 0 Å². The van der Waals surface area contributed by atoms with Crippen LogP contribution in [0.3, 0.4) is 0 Å². The standard InChI is InChI=1S/C10H17N3O2S/c11-8-2-1-3-12(6-8)9(14)7-13-4-5-16-10(13)15/h8H,1-7,11H2. The third-order valence-electron chi connectivity index (χ3n) is 2.98. The largest absolute Gasteiger partial charge is 0.340 e. The van der Waals surface area contributed by atoms with Gasteiger partial charge in [-0.05, 0) is 12.8 Å². The van der Waals surface area contributed by atoms with Gasteiger partial charge in [-0.25, -0.2) is 0 Å². The van der Waals surface area contributed by atoms with Gasteiger partial charge in [0.1, 0.15) is 6.54 Å². The minimum Gasteiger partial charge on any atom is -0.340 e. The topological polar surface area (TPSA) is 66.6 Å². The molecule has 90 valence electrons. The Balaban J connectivity index is 1.85. The zero-order valence-electron chi connectivity index (χ0n) is 9.22. The van der Waals surface area contributed by atoms with Crippen LogP contribution >= 0.6 is 11.8 Å². The van der Waals surface area contributed by atoms with E-state index in [1.54, 1.807) is 9.80 Å². The third kappa shape index (κ3) is 2.68. The van der Waals surface area contributed by atoms with Gasteiger partial charge in [-0.3, -0.25) is 9.59 Å². The highest BCUT2D eigenvalue weighted by atomic mass is 32.2. The molecule has 0 bridgehead atoms. The second-order valence-electron chi connectivity index (χ2n) is 4.28. The van der Waals surface area contributed by atoms with Gasteiger partial charge in [0.2, 0.25) is 5.91 Å². The zero-order chi connectivity index (χ0) is 11.5. The number of likely N-dealkylation sites (tertiary alicyclic amines) is 1. The van der Waals surface area contributed by atoms with E-state index in [-0.39, 0.29) is 23.7 Å². The molecule has 16 heavy (non-hydrogen) atoms. The first-order valence-electron chi connectivity index (χ1n) is 5.62. The molecule has 0 aliphatic carbocycles. The number of nitrogens with two attached hydrogens (primary N) is 1. The highest BCUT2D eigenvalue weighted by Gasteiger charge is 2.27. The second-order valence-corrected chi connectivity index (χ2v) is 5.32. The fourth-order valence-electron chi connectivity index (χ4n) is 2.07.